The number of aliphatic hydroxyl groups excluding tert-OH is 1. The van der Waals surface area contributed by atoms with Crippen molar-refractivity contribution in [2.45, 2.75) is 141 Å². The molecule has 7 atom stereocenters. The van der Waals surface area contributed by atoms with Crippen LogP contribution in [0.3, 0.4) is 0 Å². The van der Waals surface area contributed by atoms with Gasteiger partial charge in [-0.2, -0.15) is 0 Å². The highest BCUT2D eigenvalue weighted by Crippen LogP contribution is 2.45. The smallest absolute Gasteiger partial charge is 0.320 e. The topological polar surface area (TPSA) is 75.8 Å². The zero-order valence-corrected chi connectivity index (χ0v) is 26.7. The van der Waals surface area contributed by atoms with E-state index < -0.39 is 18.1 Å². The van der Waals surface area contributed by atoms with Gasteiger partial charge in [-0.05, 0) is 56.2 Å². The van der Waals surface area contributed by atoms with Crippen LogP contribution in [0.25, 0.3) is 0 Å². The summed E-state index contributed by atoms with van der Waals surface area (Å²) in [4.78, 5) is 27.8. The Morgan fingerprint density at radius 3 is 2.26 bits per heavy atom. The molecule has 6 nitrogen and oxygen atoms in total. The summed E-state index contributed by atoms with van der Waals surface area (Å²) in [5, 5.41) is 11.0. The average molecular weight is 590 g/mol. The van der Waals surface area contributed by atoms with Crippen molar-refractivity contribution < 1.29 is 28.6 Å². The minimum atomic E-state index is -0.745. The summed E-state index contributed by atoms with van der Waals surface area (Å²) >= 11 is 0. The molecule has 0 radical (unpaired) electrons. The number of esters is 2. The first-order chi connectivity index (χ1) is 20.3. The van der Waals surface area contributed by atoms with E-state index in [1.165, 1.54) is 51.3 Å². The van der Waals surface area contributed by atoms with Crippen LogP contribution in [0.15, 0.2) is 36.4 Å². The molecule has 2 rings (SSSR count). The maximum atomic E-state index is 13.7. The Kier molecular flexibility index (Phi) is 17.0. The van der Waals surface area contributed by atoms with Gasteiger partial charge in [0.25, 0.3) is 0 Å². The largest absolute Gasteiger partial charge is 0.469 e. The summed E-state index contributed by atoms with van der Waals surface area (Å²) in [5.41, 5.74) is 0.842. The summed E-state index contributed by atoms with van der Waals surface area (Å²) < 4.78 is 24.6. The van der Waals surface area contributed by atoms with E-state index in [0.717, 1.165) is 44.1 Å². The first-order valence-electron chi connectivity index (χ1n) is 16.4. The second-order valence-electron chi connectivity index (χ2n) is 11.9. The fraction of sp³-hybridized carbons (Fsp3) is 0.714. The summed E-state index contributed by atoms with van der Waals surface area (Å²) in [6.07, 6.45) is 16.3. The second kappa shape index (κ2) is 19.8. The van der Waals surface area contributed by atoms with Crippen LogP contribution in [0.5, 0.6) is 0 Å². The predicted octanol–water partition coefficient (Wildman–Crippen LogP) is 7.73. The normalized spacial score (nSPS) is 21.1. The van der Waals surface area contributed by atoms with Gasteiger partial charge >= 0.3 is 11.9 Å². The van der Waals surface area contributed by atoms with Crippen LogP contribution < -0.4 is 0 Å². The predicted molar refractivity (Wildman–Crippen MR) is 167 cm³/mol. The third-order valence-corrected chi connectivity index (χ3v) is 8.65. The van der Waals surface area contributed by atoms with Crippen LogP contribution in [0.4, 0.5) is 4.39 Å². The molecule has 1 aliphatic heterocycles. The number of aliphatic hydroxyl groups is 1. The molecular formula is C35H56FNO5. The van der Waals surface area contributed by atoms with E-state index >= 15 is 0 Å². The van der Waals surface area contributed by atoms with Gasteiger partial charge < -0.3 is 14.6 Å². The van der Waals surface area contributed by atoms with Crippen LogP contribution in [0, 0.1) is 11.7 Å². The van der Waals surface area contributed by atoms with Crippen molar-refractivity contribution in [3.05, 3.63) is 47.8 Å². The molecule has 1 fully saturated rings. The molecule has 238 valence electrons. The van der Waals surface area contributed by atoms with Crippen molar-refractivity contribution in [2.24, 2.45) is 5.92 Å². The Bertz CT molecular complexity index is 936. The van der Waals surface area contributed by atoms with Crippen molar-refractivity contribution in [1.82, 2.24) is 4.90 Å². The Hall–Kier alpha value is -2.25. The SMILES string of the molecule is CCCCCCCC/C=C\CC(O)C(CCCCC)OC(=O)CN1C([C@@H](c2ccc(F)cc2)C(C)C(=O)OC)[C@H]1CC. The Morgan fingerprint density at radius 1 is 0.976 bits per heavy atom. The number of rotatable bonds is 22. The molecule has 5 unspecified atom stereocenters. The lowest BCUT2D eigenvalue weighted by Crippen LogP contribution is -2.34. The van der Waals surface area contributed by atoms with E-state index in [1.54, 1.807) is 12.1 Å². The van der Waals surface area contributed by atoms with Crippen LogP contribution >= 0.6 is 0 Å². The quantitative estimate of drug-likeness (QED) is 0.0646. The first kappa shape index (κ1) is 35.9. The summed E-state index contributed by atoms with van der Waals surface area (Å²) in [6, 6.07) is 6.24. The number of methoxy groups -OCH3 is 1. The molecule has 0 aromatic heterocycles. The number of ether oxygens (including phenoxy) is 2. The van der Waals surface area contributed by atoms with E-state index in [4.69, 9.17) is 9.47 Å². The molecule has 1 heterocycles. The minimum absolute atomic E-state index is 0.0736. The number of nitrogens with zero attached hydrogens (tertiary/aromatic N) is 1. The number of allylic oxidation sites excluding steroid dienone is 1. The Morgan fingerprint density at radius 2 is 1.62 bits per heavy atom. The van der Waals surface area contributed by atoms with Gasteiger partial charge in [0, 0.05) is 18.0 Å². The molecule has 0 bridgehead atoms. The minimum Gasteiger partial charge on any atom is -0.469 e. The molecule has 0 saturated carbocycles. The molecule has 0 aliphatic carbocycles. The van der Waals surface area contributed by atoms with E-state index in [2.05, 4.69) is 31.7 Å². The van der Waals surface area contributed by atoms with Crippen molar-refractivity contribution in [3.63, 3.8) is 0 Å². The van der Waals surface area contributed by atoms with Crippen LogP contribution in [0.1, 0.15) is 123 Å². The van der Waals surface area contributed by atoms with Gasteiger partial charge in [0.2, 0.25) is 0 Å². The average Bonchev–Trinajstić information content (AvgIpc) is 3.67. The molecule has 0 spiro atoms. The highest BCUT2D eigenvalue weighted by molar-refractivity contribution is 5.74. The maximum absolute atomic E-state index is 13.7. The van der Waals surface area contributed by atoms with Crippen molar-refractivity contribution in [2.75, 3.05) is 13.7 Å². The van der Waals surface area contributed by atoms with Crippen molar-refractivity contribution in [3.8, 4) is 0 Å². The Labute approximate surface area is 254 Å². The lowest BCUT2D eigenvalue weighted by molar-refractivity contribution is -0.155. The monoisotopic (exact) mass is 589 g/mol. The second-order valence-corrected chi connectivity index (χ2v) is 11.9. The fourth-order valence-electron chi connectivity index (χ4n) is 6.13. The van der Waals surface area contributed by atoms with E-state index in [1.807, 2.05) is 13.0 Å². The van der Waals surface area contributed by atoms with E-state index in [-0.39, 0.29) is 42.3 Å². The Balaban J connectivity index is 2.00. The number of carbonyl (C=O) groups excluding carboxylic acids is 2. The molecule has 1 aliphatic rings. The summed E-state index contributed by atoms with van der Waals surface area (Å²) in [5.74, 6) is -1.75. The number of hydrogen-bond donors (Lipinski definition) is 1. The van der Waals surface area contributed by atoms with Crippen LogP contribution in [0.2, 0.25) is 0 Å². The number of carbonyl (C=O) groups is 2. The molecule has 1 saturated heterocycles. The number of unbranched alkanes of at least 4 members (excludes halogenated alkanes) is 8. The third-order valence-electron chi connectivity index (χ3n) is 8.65. The van der Waals surface area contributed by atoms with Gasteiger partial charge in [-0.3, -0.25) is 14.5 Å². The lowest BCUT2D eigenvalue weighted by atomic mass is 9.83. The molecule has 1 aromatic carbocycles. The van der Waals surface area contributed by atoms with Crippen LogP contribution in [-0.2, 0) is 19.1 Å². The zero-order chi connectivity index (χ0) is 30.9. The van der Waals surface area contributed by atoms with Gasteiger partial charge in [-0.15, -0.1) is 0 Å². The van der Waals surface area contributed by atoms with Gasteiger partial charge in [0.1, 0.15) is 11.9 Å². The van der Waals surface area contributed by atoms with Gasteiger partial charge in [-0.1, -0.05) is 96.9 Å². The standard InChI is InChI=1S/C35H56FNO5/c1-6-9-11-12-13-14-15-16-18-19-30(38)31(20-17-10-7-2)42-32(39)25-37-29(8-3)34(37)33(26(4)35(40)41-5)27-21-23-28(36)24-22-27/h16,18,21-24,26,29-31,33-34,38H,6-15,17,19-20,25H2,1-5H3/b18-16-/t26?,29-,30?,31?,33-,34?,37?/m1/s1. The summed E-state index contributed by atoms with van der Waals surface area (Å²) in [6.45, 7) is 8.31. The first-order valence-corrected chi connectivity index (χ1v) is 16.4. The highest BCUT2D eigenvalue weighted by Gasteiger charge is 2.54. The van der Waals surface area contributed by atoms with E-state index in [0.29, 0.717) is 12.8 Å². The highest BCUT2D eigenvalue weighted by atomic mass is 19.1. The molecule has 1 N–H and O–H groups in total. The van der Waals surface area contributed by atoms with E-state index in [9.17, 15) is 19.1 Å². The van der Waals surface area contributed by atoms with Crippen LogP contribution in [-0.4, -0.2) is 59.9 Å². The molecular weight excluding hydrogens is 533 g/mol. The molecule has 42 heavy (non-hydrogen) atoms. The summed E-state index contributed by atoms with van der Waals surface area (Å²) in [7, 11) is 1.37. The third kappa shape index (κ3) is 11.8. The van der Waals surface area contributed by atoms with Gasteiger partial charge in [-0.25, -0.2) is 4.39 Å². The lowest BCUT2D eigenvalue weighted by Gasteiger charge is -2.24. The number of hydrogen-bond acceptors (Lipinski definition) is 6. The number of benzene rings is 1. The maximum Gasteiger partial charge on any atom is 0.320 e. The molecule has 1 aromatic rings. The van der Waals surface area contributed by atoms with Gasteiger partial charge in [0.15, 0.2) is 0 Å². The van der Waals surface area contributed by atoms with Crippen molar-refractivity contribution in [1.29, 1.82) is 0 Å². The zero-order valence-electron chi connectivity index (χ0n) is 26.7. The van der Waals surface area contributed by atoms with Crippen molar-refractivity contribution >= 4 is 11.9 Å². The number of halogens is 1. The fourth-order valence-corrected chi connectivity index (χ4v) is 6.13. The van der Waals surface area contributed by atoms with Gasteiger partial charge in [0.05, 0.1) is 25.7 Å². The molecule has 0 amide bonds. The molecule has 7 heteroatoms.